The molecule has 19 heavy (non-hydrogen) atoms. The Balaban J connectivity index is 2.63. The van der Waals surface area contributed by atoms with Gasteiger partial charge in [-0.1, -0.05) is 30.2 Å². The zero-order chi connectivity index (χ0) is 14.3. The van der Waals surface area contributed by atoms with E-state index in [9.17, 15) is 14.4 Å². The molecule has 98 valence electrons. The first-order valence-electron chi connectivity index (χ1n) is 5.64. The first-order chi connectivity index (χ1) is 9.06. The van der Waals surface area contributed by atoms with Crippen molar-refractivity contribution in [3.05, 3.63) is 35.4 Å². The third kappa shape index (κ3) is 4.28. The van der Waals surface area contributed by atoms with Crippen molar-refractivity contribution in [3.63, 3.8) is 0 Å². The standard InChI is InChI=1S/C14H14N2O3/c1-3-8-15-13(18)14(19)16-9-11-6-4-5-7-12(11)10(2)17/h1,4-7H,8-9H2,2H3,(H,15,18)(H,16,19). The molecule has 5 heteroatoms. The van der Waals surface area contributed by atoms with Gasteiger partial charge in [0.15, 0.2) is 5.78 Å². The van der Waals surface area contributed by atoms with Crippen molar-refractivity contribution >= 4 is 17.6 Å². The van der Waals surface area contributed by atoms with E-state index >= 15 is 0 Å². The average molecular weight is 258 g/mol. The van der Waals surface area contributed by atoms with Gasteiger partial charge in [0.2, 0.25) is 0 Å². The molecule has 0 saturated heterocycles. The van der Waals surface area contributed by atoms with Crippen LogP contribution in [0, 0.1) is 12.3 Å². The van der Waals surface area contributed by atoms with Gasteiger partial charge in [0.1, 0.15) is 0 Å². The molecule has 2 amide bonds. The van der Waals surface area contributed by atoms with Gasteiger partial charge in [0, 0.05) is 12.1 Å². The lowest BCUT2D eigenvalue weighted by molar-refractivity contribution is -0.139. The second kappa shape index (κ2) is 6.97. The number of rotatable bonds is 4. The topological polar surface area (TPSA) is 75.3 Å². The summed E-state index contributed by atoms with van der Waals surface area (Å²) in [6.07, 6.45) is 4.96. The van der Waals surface area contributed by atoms with Gasteiger partial charge >= 0.3 is 11.8 Å². The lowest BCUT2D eigenvalue weighted by Gasteiger charge is -2.08. The van der Waals surface area contributed by atoms with Crippen LogP contribution in [-0.2, 0) is 16.1 Å². The molecule has 0 spiro atoms. The second-order valence-corrected chi connectivity index (χ2v) is 3.78. The van der Waals surface area contributed by atoms with Gasteiger partial charge in [-0.25, -0.2) is 0 Å². The number of carbonyl (C=O) groups excluding carboxylic acids is 3. The van der Waals surface area contributed by atoms with Crippen molar-refractivity contribution in [1.29, 1.82) is 0 Å². The Morgan fingerprint density at radius 2 is 1.79 bits per heavy atom. The van der Waals surface area contributed by atoms with Crippen molar-refractivity contribution in [2.75, 3.05) is 6.54 Å². The highest BCUT2D eigenvalue weighted by Crippen LogP contribution is 2.08. The summed E-state index contributed by atoms with van der Waals surface area (Å²) in [5.74, 6) is 0.522. The van der Waals surface area contributed by atoms with Crippen molar-refractivity contribution < 1.29 is 14.4 Å². The van der Waals surface area contributed by atoms with Crippen LogP contribution in [0.1, 0.15) is 22.8 Å². The van der Waals surface area contributed by atoms with Gasteiger partial charge in [-0.3, -0.25) is 14.4 Å². The van der Waals surface area contributed by atoms with Gasteiger partial charge in [-0.15, -0.1) is 6.42 Å². The summed E-state index contributed by atoms with van der Waals surface area (Å²) in [5, 5.41) is 4.68. The fourth-order valence-electron chi connectivity index (χ4n) is 1.49. The number of carbonyl (C=O) groups is 3. The maximum absolute atomic E-state index is 11.4. The van der Waals surface area contributed by atoms with Crippen molar-refractivity contribution in [3.8, 4) is 12.3 Å². The molecule has 0 heterocycles. The van der Waals surface area contributed by atoms with Gasteiger partial charge in [0.05, 0.1) is 6.54 Å². The highest BCUT2D eigenvalue weighted by atomic mass is 16.2. The van der Waals surface area contributed by atoms with Crippen LogP contribution < -0.4 is 10.6 Å². The number of ketones is 1. The minimum atomic E-state index is -0.793. The van der Waals surface area contributed by atoms with E-state index in [1.54, 1.807) is 24.3 Å². The van der Waals surface area contributed by atoms with Crippen molar-refractivity contribution in [2.24, 2.45) is 0 Å². The van der Waals surface area contributed by atoms with Crippen LogP contribution in [0.5, 0.6) is 0 Å². The van der Waals surface area contributed by atoms with Gasteiger partial charge in [-0.05, 0) is 12.5 Å². The monoisotopic (exact) mass is 258 g/mol. The Hall–Kier alpha value is -2.61. The van der Waals surface area contributed by atoms with E-state index in [1.165, 1.54) is 6.92 Å². The lowest BCUT2D eigenvalue weighted by Crippen LogP contribution is -2.39. The highest BCUT2D eigenvalue weighted by Gasteiger charge is 2.13. The predicted molar refractivity (Wildman–Crippen MR) is 70.1 cm³/mol. The summed E-state index contributed by atoms with van der Waals surface area (Å²) in [6, 6.07) is 6.88. The summed E-state index contributed by atoms with van der Waals surface area (Å²) in [5.41, 5.74) is 1.18. The van der Waals surface area contributed by atoms with Crippen LogP contribution in [0.4, 0.5) is 0 Å². The van der Waals surface area contributed by atoms with E-state index < -0.39 is 11.8 Å². The molecule has 0 atom stereocenters. The smallest absolute Gasteiger partial charge is 0.310 e. The van der Waals surface area contributed by atoms with E-state index in [4.69, 9.17) is 6.42 Å². The molecule has 0 saturated carbocycles. The molecule has 0 aromatic heterocycles. The number of hydrogen-bond donors (Lipinski definition) is 2. The quantitative estimate of drug-likeness (QED) is 0.462. The van der Waals surface area contributed by atoms with Crippen LogP contribution >= 0.6 is 0 Å². The Morgan fingerprint density at radius 3 is 2.42 bits per heavy atom. The van der Waals surface area contributed by atoms with Crippen LogP contribution in [0.2, 0.25) is 0 Å². The first-order valence-corrected chi connectivity index (χ1v) is 5.64. The molecule has 0 aliphatic heterocycles. The van der Waals surface area contributed by atoms with Crippen molar-refractivity contribution in [2.45, 2.75) is 13.5 Å². The van der Waals surface area contributed by atoms with E-state index in [0.717, 1.165) is 0 Å². The zero-order valence-corrected chi connectivity index (χ0v) is 10.5. The maximum Gasteiger partial charge on any atom is 0.310 e. The second-order valence-electron chi connectivity index (χ2n) is 3.78. The molecular weight excluding hydrogens is 244 g/mol. The molecule has 0 aliphatic rings. The molecule has 2 N–H and O–H groups in total. The number of benzene rings is 1. The van der Waals surface area contributed by atoms with Crippen LogP contribution in [0.3, 0.4) is 0 Å². The predicted octanol–water partition coefficient (Wildman–Crippen LogP) is 0.255. The summed E-state index contributed by atoms with van der Waals surface area (Å²) in [7, 11) is 0. The normalized spacial score (nSPS) is 9.26. The average Bonchev–Trinajstić information content (AvgIpc) is 2.42. The molecular formula is C14H14N2O3. The van der Waals surface area contributed by atoms with E-state index in [0.29, 0.717) is 11.1 Å². The summed E-state index contributed by atoms with van der Waals surface area (Å²) in [6.45, 7) is 1.55. The van der Waals surface area contributed by atoms with Gasteiger partial charge in [0.25, 0.3) is 0 Å². The minimum Gasteiger partial charge on any atom is -0.344 e. The Kier molecular flexibility index (Phi) is 5.30. The van der Waals surface area contributed by atoms with Crippen molar-refractivity contribution in [1.82, 2.24) is 10.6 Å². The van der Waals surface area contributed by atoms with E-state index in [-0.39, 0.29) is 18.9 Å². The van der Waals surface area contributed by atoms with Crippen LogP contribution in [0.25, 0.3) is 0 Å². The van der Waals surface area contributed by atoms with Crippen LogP contribution in [-0.4, -0.2) is 24.1 Å². The molecule has 0 aliphatic carbocycles. The first kappa shape index (κ1) is 14.5. The fourth-order valence-corrected chi connectivity index (χ4v) is 1.49. The SMILES string of the molecule is C#CCNC(=O)C(=O)NCc1ccccc1C(C)=O. The molecule has 1 aromatic carbocycles. The van der Waals surface area contributed by atoms with E-state index in [1.807, 2.05) is 0 Å². The van der Waals surface area contributed by atoms with E-state index in [2.05, 4.69) is 16.6 Å². The molecule has 5 nitrogen and oxygen atoms in total. The maximum atomic E-state index is 11.4. The number of nitrogens with one attached hydrogen (secondary N) is 2. The number of terminal acetylenes is 1. The molecule has 1 aromatic rings. The Labute approximate surface area is 111 Å². The summed E-state index contributed by atoms with van der Waals surface area (Å²) >= 11 is 0. The Bertz CT molecular complexity index is 544. The Morgan fingerprint density at radius 1 is 1.16 bits per heavy atom. The van der Waals surface area contributed by atoms with Gasteiger partial charge < -0.3 is 10.6 Å². The molecule has 0 radical (unpaired) electrons. The fraction of sp³-hybridized carbons (Fsp3) is 0.214. The van der Waals surface area contributed by atoms with Gasteiger partial charge in [-0.2, -0.15) is 0 Å². The largest absolute Gasteiger partial charge is 0.344 e. The summed E-state index contributed by atoms with van der Waals surface area (Å²) < 4.78 is 0. The summed E-state index contributed by atoms with van der Waals surface area (Å²) in [4.78, 5) is 34.1. The molecule has 0 fully saturated rings. The third-order valence-corrected chi connectivity index (χ3v) is 2.39. The molecule has 0 bridgehead atoms. The number of amides is 2. The zero-order valence-electron chi connectivity index (χ0n) is 10.5. The number of Topliss-reactive ketones (excluding diaryl/α,β-unsaturated/α-hetero) is 1. The lowest BCUT2D eigenvalue weighted by atomic mass is 10.0. The minimum absolute atomic E-state index is 0.00368. The highest BCUT2D eigenvalue weighted by molar-refractivity contribution is 6.35. The third-order valence-electron chi connectivity index (χ3n) is 2.39. The molecule has 0 unspecified atom stereocenters. The molecule has 1 rings (SSSR count). The number of hydrogen-bond acceptors (Lipinski definition) is 3. The van der Waals surface area contributed by atoms with Crippen LogP contribution in [0.15, 0.2) is 24.3 Å².